The Morgan fingerprint density at radius 2 is 2.40 bits per heavy atom. The lowest BCUT2D eigenvalue weighted by atomic mass is 10.2. The maximum atomic E-state index is 9.04. The smallest absolute Gasteiger partial charge is 0.262 e. The van der Waals surface area contributed by atoms with E-state index in [1.807, 2.05) is 0 Å². The molecule has 1 saturated heterocycles. The van der Waals surface area contributed by atoms with Crippen LogP contribution in [0.25, 0.3) is 11.0 Å². The molecule has 2 heterocycles. The fourth-order valence-corrected chi connectivity index (χ4v) is 2.85. The first-order valence-electron chi connectivity index (χ1n) is 6.80. The SMILES string of the molecule is OCCN1CCC[C@H]1COc1noc2ccc(Cl)cc12. The summed E-state index contributed by atoms with van der Waals surface area (Å²) in [5.41, 5.74) is 0.669. The van der Waals surface area contributed by atoms with Crippen LogP contribution in [0, 0.1) is 0 Å². The van der Waals surface area contributed by atoms with Gasteiger partial charge in [0.2, 0.25) is 0 Å². The van der Waals surface area contributed by atoms with Crippen LogP contribution in [0.2, 0.25) is 5.02 Å². The molecule has 1 aromatic heterocycles. The van der Waals surface area contributed by atoms with Crippen LogP contribution in [-0.4, -0.2) is 47.5 Å². The number of fused-ring (bicyclic) bond motifs is 1. The van der Waals surface area contributed by atoms with Crippen molar-refractivity contribution in [2.45, 2.75) is 18.9 Å². The normalized spacial score (nSPS) is 19.8. The van der Waals surface area contributed by atoms with E-state index in [1.54, 1.807) is 18.2 Å². The van der Waals surface area contributed by atoms with Crippen LogP contribution in [-0.2, 0) is 0 Å². The van der Waals surface area contributed by atoms with Gasteiger partial charge in [-0.15, -0.1) is 0 Å². The highest BCUT2D eigenvalue weighted by Crippen LogP contribution is 2.28. The van der Waals surface area contributed by atoms with Gasteiger partial charge in [-0.25, -0.2) is 0 Å². The molecular formula is C14H17ClN2O3. The van der Waals surface area contributed by atoms with Gasteiger partial charge in [-0.05, 0) is 42.7 Å². The molecule has 108 valence electrons. The molecule has 0 saturated carbocycles. The summed E-state index contributed by atoms with van der Waals surface area (Å²) in [6.07, 6.45) is 2.22. The summed E-state index contributed by atoms with van der Waals surface area (Å²) in [7, 11) is 0. The molecule has 1 N–H and O–H groups in total. The van der Waals surface area contributed by atoms with Crippen molar-refractivity contribution >= 4 is 22.6 Å². The predicted octanol–water partition coefficient (Wildman–Crippen LogP) is 2.32. The van der Waals surface area contributed by atoms with Crippen LogP contribution in [0.5, 0.6) is 5.88 Å². The Bertz CT molecular complexity index is 587. The van der Waals surface area contributed by atoms with E-state index in [2.05, 4.69) is 10.1 Å². The zero-order valence-electron chi connectivity index (χ0n) is 11.1. The number of β-amino-alcohol motifs (C(OH)–C–C–N with tert-alkyl or cyclic N) is 1. The fraction of sp³-hybridized carbons (Fsp3) is 0.500. The minimum atomic E-state index is 0.180. The Hall–Kier alpha value is -1.30. The minimum absolute atomic E-state index is 0.180. The molecular weight excluding hydrogens is 280 g/mol. The number of hydrogen-bond acceptors (Lipinski definition) is 5. The van der Waals surface area contributed by atoms with Gasteiger partial charge in [0.15, 0.2) is 5.58 Å². The lowest BCUT2D eigenvalue weighted by Crippen LogP contribution is -2.36. The van der Waals surface area contributed by atoms with E-state index in [-0.39, 0.29) is 6.61 Å². The third-order valence-corrected chi connectivity index (χ3v) is 3.93. The first kappa shape index (κ1) is 13.7. The quantitative estimate of drug-likeness (QED) is 0.917. The van der Waals surface area contributed by atoms with Crippen LogP contribution in [0.3, 0.4) is 0 Å². The van der Waals surface area contributed by atoms with E-state index in [4.69, 9.17) is 26.0 Å². The van der Waals surface area contributed by atoms with E-state index < -0.39 is 0 Å². The monoisotopic (exact) mass is 296 g/mol. The molecule has 0 spiro atoms. The molecule has 1 aliphatic heterocycles. The summed E-state index contributed by atoms with van der Waals surface area (Å²) in [5.74, 6) is 0.485. The Morgan fingerprint density at radius 1 is 1.50 bits per heavy atom. The molecule has 1 aliphatic rings. The average molecular weight is 297 g/mol. The van der Waals surface area contributed by atoms with Crippen molar-refractivity contribution < 1.29 is 14.4 Å². The van der Waals surface area contributed by atoms with E-state index in [0.717, 1.165) is 24.8 Å². The van der Waals surface area contributed by atoms with Crippen LogP contribution < -0.4 is 4.74 Å². The number of aromatic nitrogens is 1. The topological polar surface area (TPSA) is 58.7 Å². The van der Waals surface area contributed by atoms with Gasteiger partial charge in [0.25, 0.3) is 5.88 Å². The summed E-state index contributed by atoms with van der Waals surface area (Å²) in [4.78, 5) is 2.25. The molecule has 0 aliphatic carbocycles. The van der Waals surface area contributed by atoms with Crippen molar-refractivity contribution in [3.05, 3.63) is 23.2 Å². The Morgan fingerprint density at radius 3 is 3.25 bits per heavy atom. The van der Waals surface area contributed by atoms with E-state index in [0.29, 0.717) is 35.7 Å². The maximum Gasteiger partial charge on any atom is 0.262 e. The average Bonchev–Trinajstić information content (AvgIpc) is 3.03. The maximum absolute atomic E-state index is 9.04. The molecule has 0 bridgehead atoms. The molecule has 0 amide bonds. The summed E-state index contributed by atoms with van der Waals surface area (Å²) in [6.45, 7) is 2.44. The fourth-order valence-electron chi connectivity index (χ4n) is 2.67. The van der Waals surface area contributed by atoms with Gasteiger partial charge in [0, 0.05) is 17.6 Å². The zero-order valence-corrected chi connectivity index (χ0v) is 11.8. The second-order valence-electron chi connectivity index (χ2n) is 4.99. The molecule has 6 heteroatoms. The minimum Gasteiger partial charge on any atom is -0.473 e. The third-order valence-electron chi connectivity index (χ3n) is 3.70. The van der Waals surface area contributed by atoms with E-state index in [9.17, 15) is 0 Å². The number of aliphatic hydroxyl groups is 1. The van der Waals surface area contributed by atoms with Crippen LogP contribution in [0.1, 0.15) is 12.8 Å². The molecule has 20 heavy (non-hydrogen) atoms. The van der Waals surface area contributed by atoms with Crippen LogP contribution >= 0.6 is 11.6 Å². The number of ether oxygens (including phenoxy) is 1. The standard InChI is InChI=1S/C14H17ClN2O3/c15-10-3-4-13-12(8-10)14(16-20-13)19-9-11-2-1-5-17(11)6-7-18/h3-4,8,11,18H,1-2,5-7,9H2/t11-/m0/s1. The molecule has 0 radical (unpaired) electrons. The van der Waals surface area contributed by atoms with Gasteiger partial charge >= 0.3 is 0 Å². The zero-order chi connectivity index (χ0) is 13.9. The van der Waals surface area contributed by atoms with Crippen LogP contribution in [0.15, 0.2) is 22.7 Å². The van der Waals surface area contributed by atoms with Gasteiger partial charge < -0.3 is 14.4 Å². The molecule has 5 nitrogen and oxygen atoms in total. The third kappa shape index (κ3) is 2.75. The number of aliphatic hydroxyl groups excluding tert-OH is 1. The molecule has 1 atom stereocenters. The van der Waals surface area contributed by atoms with Crippen molar-refractivity contribution in [3.63, 3.8) is 0 Å². The number of benzene rings is 1. The number of rotatable bonds is 5. The first-order chi connectivity index (χ1) is 9.78. The molecule has 2 aromatic rings. The summed E-state index contributed by atoms with van der Waals surface area (Å²) in [5, 5.41) is 14.4. The Balaban J connectivity index is 1.69. The van der Waals surface area contributed by atoms with Gasteiger partial charge in [0.1, 0.15) is 6.61 Å². The highest BCUT2D eigenvalue weighted by atomic mass is 35.5. The number of likely N-dealkylation sites (tertiary alicyclic amines) is 1. The van der Waals surface area contributed by atoms with Gasteiger partial charge in [0.05, 0.1) is 12.0 Å². The van der Waals surface area contributed by atoms with E-state index in [1.165, 1.54) is 0 Å². The Kier molecular flexibility index (Phi) is 4.10. The van der Waals surface area contributed by atoms with Gasteiger partial charge in [-0.2, -0.15) is 0 Å². The van der Waals surface area contributed by atoms with E-state index >= 15 is 0 Å². The van der Waals surface area contributed by atoms with Crippen molar-refractivity contribution in [1.82, 2.24) is 10.1 Å². The van der Waals surface area contributed by atoms with Crippen molar-refractivity contribution in [3.8, 4) is 5.88 Å². The Labute approximate surface area is 122 Å². The molecule has 1 aromatic carbocycles. The highest BCUT2D eigenvalue weighted by Gasteiger charge is 2.25. The second kappa shape index (κ2) is 5.99. The number of hydrogen-bond donors (Lipinski definition) is 1. The molecule has 0 unspecified atom stereocenters. The number of halogens is 1. The molecule has 1 fully saturated rings. The number of nitrogens with zero attached hydrogens (tertiary/aromatic N) is 2. The lowest BCUT2D eigenvalue weighted by Gasteiger charge is -2.22. The van der Waals surface area contributed by atoms with Crippen molar-refractivity contribution in [2.24, 2.45) is 0 Å². The van der Waals surface area contributed by atoms with Gasteiger partial charge in [-0.3, -0.25) is 4.90 Å². The van der Waals surface area contributed by atoms with Crippen molar-refractivity contribution in [2.75, 3.05) is 26.3 Å². The molecule has 3 rings (SSSR count). The first-order valence-corrected chi connectivity index (χ1v) is 7.18. The largest absolute Gasteiger partial charge is 0.473 e. The van der Waals surface area contributed by atoms with Gasteiger partial charge in [-0.1, -0.05) is 11.6 Å². The van der Waals surface area contributed by atoms with Crippen LogP contribution in [0.4, 0.5) is 0 Å². The second-order valence-corrected chi connectivity index (χ2v) is 5.43. The predicted molar refractivity (Wildman–Crippen MR) is 76.2 cm³/mol. The highest BCUT2D eigenvalue weighted by molar-refractivity contribution is 6.31. The van der Waals surface area contributed by atoms with Crippen molar-refractivity contribution in [1.29, 1.82) is 0 Å². The summed E-state index contributed by atoms with van der Waals surface area (Å²) in [6, 6.07) is 5.67. The lowest BCUT2D eigenvalue weighted by molar-refractivity contribution is 0.139. The summed E-state index contributed by atoms with van der Waals surface area (Å²) >= 11 is 5.98. The summed E-state index contributed by atoms with van der Waals surface area (Å²) < 4.78 is 11.0.